The van der Waals surface area contributed by atoms with Crippen LogP contribution in [0.25, 0.3) is 11.5 Å². The number of nitrogens with zero attached hydrogens (tertiary/aromatic N) is 3. The van der Waals surface area contributed by atoms with Gasteiger partial charge in [0.25, 0.3) is 0 Å². The number of hydrogen-bond acceptors (Lipinski definition) is 6. The molecule has 6 nitrogen and oxygen atoms in total. The largest absolute Gasteiger partial charge is 0.493 e. The lowest BCUT2D eigenvalue weighted by molar-refractivity contribution is 0.344. The number of hydrogen-bond donors (Lipinski definition) is 0. The molecule has 2 aromatic rings. The highest BCUT2D eigenvalue weighted by Gasteiger charge is 2.27. The van der Waals surface area contributed by atoms with Gasteiger partial charge in [0.2, 0.25) is 17.5 Å². The molecule has 6 heteroatoms. The molecule has 1 aliphatic rings. The van der Waals surface area contributed by atoms with E-state index in [1.165, 1.54) is 6.42 Å². The van der Waals surface area contributed by atoms with Crippen molar-refractivity contribution in [3.63, 3.8) is 0 Å². The molecule has 1 aromatic heterocycles. The third-order valence-electron chi connectivity index (χ3n) is 4.50. The summed E-state index contributed by atoms with van der Waals surface area (Å²) in [5, 5.41) is 9.48. The Morgan fingerprint density at radius 3 is 2.44 bits per heavy atom. The van der Waals surface area contributed by atoms with E-state index in [4.69, 9.17) is 13.9 Å². The molecule has 0 aliphatic carbocycles. The molecule has 2 atom stereocenters. The van der Waals surface area contributed by atoms with Gasteiger partial charge in [-0.1, -0.05) is 13.8 Å². The van der Waals surface area contributed by atoms with Gasteiger partial charge in [-0.25, -0.2) is 0 Å². The van der Waals surface area contributed by atoms with E-state index < -0.39 is 0 Å². The number of oxazole rings is 1. The minimum absolute atomic E-state index is 0.325. The summed E-state index contributed by atoms with van der Waals surface area (Å²) >= 11 is 0. The standard InChI is InChI=1S/C19H23N3O3/c1-12-7-13(2)11-22(10-12)19-15(9-20)21-18(25-19)14-5-6-16(23-3)17(8-14)24-4/h5-6,8,12-13H,7,10-11H2,1-4H3/t12-,13+. The van der Waals surface area contributed by atoms with Crippen LogP contribution in [0.3, 0.4) is 0 Å². The molecule has 1 fully saturated rings. The van der Waals surface area contributed by atoms with Crippen molar-refractivity contribution in [2.45, 2.75) is 20.3 Å². The topological polar surface area (TPSA) is 71.5 Å². The fourth-order valence-corrected chi connectivity index (χ4v) is 3.52. The molecule has 1 aromatic carbocycles. The highest BCUT2D eigenvalue weighted by molar-refractivity contribution is 5.63. The Balaban J connectivity index is 1.97. The van der Waals surface area contributed by atoms with Crippen LogP contribution in [-0.2, 0) is 0 Å². The van der Waals surface area contributed by atoms with E-state index in [9.17, 15) is 5.26 Å². The highest BCUT2D eigenvalue weighted by atomic mass is 16.5. The van der Waals surface area contributed by atoms with Gasteiger partial charge < -0.3 is 18.8 Å². The fraction of sp³-hybridized carbons (Fsp3) is 0.474. The third kappa shape index (κ3) is 3.41. The van der Waals surface area contributed by atoms with E-state index in [1.807, 2.05) is 6.07 Å². The number of aromatic nitrogens is 1. The van der Waals surface area contributed by atoms with Gasteiger partial charge in [-0.2, -0.15) is 10.2 Å². The quantitative estimate of drug-likeness (QED) is 0.844. The summed E-state index contributed by atoms with van der Waals surface area (Å²) in [6.45, 7) is 6.19. The third-order valence-corrected chi connectivity index (χ3v) is 4.50. The Kier molecular flexibility index (Phi) is 4.84. The van der Waals surface area contributed by atoms with Gasteiger partial charge >= 0.3 is 0 Å². The van der Waals surface area contributed by atoms with E-state index in [0.717, 1.165) is 18.7 Å². The van der Waals surface area contributed by atoms with Gasteiger partial charge in [0.1, 0.15) is 6.07 Å². The van der Waals surface area contributed by atoms with Crippen molar-refractivity contribution < 1.29 is 13.9 Å². The van der Waals surface area contributed by atoms with E-state index in [-0.39, 0.29) is 0 Å². The van der Waals surface area contributed by atoms with Gasteiger partial charge in [-0.3, -0.25) is 0 Å². The molecule has 3 rings (SSSR count). The molecule has 0 N–H and O–H groups in total. The van der Waals surface area contributed by atoms with Crippen LogP contribution in [-0.4, -0.2) is 32.3 Å². The summed E-state index contributed by atoms with van der Waals surface area (Å²) < 4.78 is 16.6. The Morgan fingerprint density at radius 2 is 1.84 bits per heavy atom. The first-order chi connectivity index (χ1) is 12.0. The smallest absolute Gasteiger partial charge is 0.235 e. The Labute approximate surface area is 148 Å². The van der Waals surface area contributed by atoms with Crippen LogP contribution in [0.4, 0.5) is 5.88 Å². The maximum absolute atomic E-state index is 9.48. The first-order valence-corrected chi connectivity index (χ1v) is 8.44. The molecule has 0 amide bonds. The molecule has 0 spiro atoms. The zero-order chi connectivity index (χ0) is 18.0. The van der Waals surface area contributed by atoms with Crippen molar-refractivity contribution >= 4 is 5.88 Å². The van der Waals surface area contributed by atoms with Crippen molar-refractivity contribution in [1.82, 2.24) is 4.98 Å². The second-order valence-corrected chi connectivity index (χ2v) is 6.71. The number of piperidine rings is 1. The average Bonchev–Trinajstić information content (AvgIpc) is 3.04. The zero-order valence-electron chi connectivity index (χ0n) is 15.1. The number of ether oxygens (including phenoxy) is 2. The Bertz CT molecular complexity index is 784. The number of anilines is 1. The summed E-state index contributed by atoms with van der Waals surface area (Å²) in [6, 6.07) is 7.61. The van der Waals surface area contributed by atoms with Crippen molar-refractivity contribution in [3.05, 3.63) is 23.9 Å². The zero-order valence-corrected chi connectivity index (χ0v) is 15.1. The predicted molar refractivity (Wildman–Crippen MR) is 94.9 cm³/mol. The average molecular weight is 341 g/mol. The molecular formula is C19H23N3O3. The van der Waals surface area contributed by atoms with Crippen LogP contribution in [0, 0.1) is 23.2 Å². The molecule has 1 aliphatic heterocycles. The number of benzene rings is 1. The second-order valence-electron chi connectivity index (χ2n) is 6.71. The Morgan fingerprint density at radius 1 is 1.16 bits per heavy atom. The fourth-order valence-electron chi connectivity index (χ4n) is 3.52. The molecule has 0 bridgehead atoms. The number of rotatable bonds is 4. The van der Waals surface area contributed by atoms with Crippen LogP contribution in [0.15, 0.2) is 22.6 Å². The van der Waals surface area contributed by atoms with E-state index >= 15 is 0 Å². The minimum atomic E-state index is 0.325. The van der Waals surface area contributed by atoms with Gasteiger partial charge in [0.05, 0.1) is 14.2 Å². The molecule has 25 heavy (non-hydrogen) atoms. The van der Waals surface area contributed by atoms with Gasteiger partial charge in [0.15, 0.2) is 11.5 Å². The van der Waals surface area contributed by atoms with Crippen molar-refractivity contribution in [1.29, 1.82) is 5.26 Å². The van der Waals surface area contributed by atoms with Crippen molar-refractivity contribution in [2.75, 3.05) is 32.2 Å². The van der Waals surface area contributed by atoms with Crippen molar-refractivity contribution in [2.24, 2.45) is 11.8 Å². The summed E-state index contributed by atoms with van der Waals surface area (Å²) in [7, 11) is 3.17. The highest BCUT2D eigenvalue weighted by Crippen LogP contribution is 2.36. The molecule has 2 heterocycles. The molecular weight excluding hydrogens is 318 g/mol. The molecule has 0 unspecified atom stereocenters. The van der Waals surface area contributed by atoms with Gasteiger partial charge in [-0.05, 0) is 36.5 Å². The van der Waals surface area contributed by atoms with E-state index in [0.29, 0.717) is 40.8 Å². The minimum Gasteiger partial charge on any atom is -0.493 e. The lowest BCUT2D eigenvalue weighted by Gasteiger charge is -2.34. The van der Waals surface area contributed by atoms with E-state index in [2.05, 4.69) is 29.8 Å². The first kappa shape index (κ1) is 17.2. The van der Waals surface area contributed by atoms with Crippen molar-refractivity contribution in [3.8, 4) is 29.0 Å². The van der Waals surface area contributed by atoms with Crippen LogP contribution in [0.5, 0.6) is 11.5 Å². The summed E-state index contributed by atoms with van der Waals surface area (Å²) in [6.07, 6.45) is 1.19. The molecule has 132 valence electrons. The van der Waals surface area contributed by atoms with E-state index in [1.54, 1.807) is 26.4 Å². The summed E-state index contributed by atoms with van der Waals surface area (Å²) in [5.74, 6) is 3.33. The number of nitriles is 1. The lowest BCUT2D eigenvalue weighted by Crippen LogP contribution is -2.38. The molecule has 0 saturated carbocycles. The van der Waals surface area contributed by atoms with Crippen LogP contribution >= 0.6 is 0 Å². The second kappa shape index (κ2) is 7.06. The monoisotopic (exact) mass is 341 g/mol. The summed E-state index contributed by atoms with van der Waals surface area (Å²) in [5.41, 5.74) is 1.07. The van der Waals surface area contributed by atoms with Gasteiger partial charge in [-0.15, -0.1) is 0 Å². The molecule has 1 saturated heterocycles. The van der Waals surface area contributed by atoms with Crippen LogP contribution in [0.2, 0.25) is 0 Å². The summed E-state index contributed by atoms with van der Waals surface area (Å²) in [4.78, 5) is 6.52. The molecule has 0 radical (unpaired) electrons. The number of methoxy groups -OCH3 is 2. The lowest BCUT2D eigenvalue weighted by atomic mass is 9.92. The normalized spacial score (nSPS) is 20.2. The van der Waals surface area contributed by atoms with Gasteiger partial charge in [0, 0.05) is 18.7 Å². The van der Waals surface area contributed by atoms with Crippen LogP contribution < -0.4 is 14.4 Å². The predicted octanol–water partition coefficient (Wildman–Crippen LogP) is 3.71. The SMILES string of the molecule is COc1ccc(-c2nc(C#N)c(N3C[C@H](C)C[C@H](C)C3)o2)cc1OC. The maximum Gasteiger partial charge on any atom is 0.235 e. The Hall–Kier alpha value is -2.68. The van der Waals surface area contributed by atoms with Crippen LogP contribution in [0.1, 0.15) is 26.0 Å². The first-order valence-electron chi connectivity index (χ1n) is 8.44. The maximum atomic E-state index is 9.48.